The van der Waals surface area contributed by atoms with Gasteiger partial charge in [0.25, 0.3) is 11.8 Å². The number of nitrogens with one attached hydrogen (secondary N) is 1. The van der Waals surface area contributed by atoms with Gasteiger partial charge in [-0.15, -0.1) is 0 Å². The number of rotatable bonds is 3. The molecule has 0 saturated heterocycles. The number of oxazole rings is 1. The molecule has 4 rings (SSSR count). The van der Waals surface area contributed by atoms with E-state index in [1.165, 1.54) is 6.39 Å². The Balaban J connectivity index is 1.50. The van der Waals surface area contributed by atoms with E-state index in [1.807, 2.05) is 0 Å². The minimum atomic E-state index is -0.465. The molecule has 0 saturated carbocycles. The first kappa shape index (κ1) is 14.1. The molecule has 1 aliphatic rings. The Kier molecular flexibility index (Phi) is 3.13. The fourth-order valence-corrected chi connectivity index (χ4v) is 2.66. The fraction of sp³-hybridized carbons (Fsp3) is 0.0588. The lowest BCUT2D eigenvalue weighted by atomic mass is 10.1. The number of amides is 3. The van der Waals surface area contributed by atoms with Gasteiger partial charge in [0.05, 0.1) is 11.1 Å². The van der Waals surface area contributed by atoms with Crippen molar-refractivity contribution in [1.82, 2.24) is 9.88 Å². The maximum absolute atomic E-state index is 12.2. The van der Waals surface area contributed by atoms with Crippen molar-refractivity contribution in [2.75, 3.05) is 11.9 Å². The summed E-state index contributed by atoms with van der Waals surface area (Å²) in [5, 5.41) is 2.65. The molecule has 3 aromatic rings. The first-order valence-corrected chi connectivity index (χ1v) is 7.22. The van der Waals surface area contributed by atoms with Gasteiger partial charge >= 0.3 is 0 Å². The highest BCUT2D eigenvalue weighted by molar-refractivity contribution is 6.22. The quantitative estimate of drug-likeness (QED) is 0.745. The number of carbonyl (C=O) groups excluding carboxylic acids is 3. The Morgan fingerprint density at radius 2 is 1.79 bits per heavy atom. The van der Waals surface area contributed by atoms with Crippen molar-refractivity contribution < 1.29 is 18.8 Å². The standard InChI is InChI=1S/C17H11N3O4/c21-15(19-10-5-6-14-13(7-10)18-9-24-14)8-20-16(22)11-3-1-2-4-12(11)17(20)23/h1-7,9H,8H2,(H,19,21). The molecule has 1 aromatic heterocycles. The van der Waals surface area contributed by atoms with Crippen molar-refractivity contribution in [3.05, 3.63) is 60.0 Å². The summed E-state index contributed by atoms with van der Waals surface area (Å²) in [6, 6.07) is 11.5. The highest BCUT2D eigenvalue weighted by Gasteiger charge is 2.36. The summed E-state index contributed by atoms with van der Waals surface area (Å²) < 4.78 is 5.13. The molecule has 2 heterocycles. The van der Waals surface area contributed by atoms with Crippen molar-refractivity contribution in [1.29, 1.82) is 0 Å². The summed E-state index contributed by atoms with van der Waals surface area (Å²) in [6.07, 6.45) is 1.31. The lowest BCUT2D eigenvalue weighted by Crippen LogP contribution is -2.37. The Morgan fingerprint density at radius 1 is 1.08 bits per heavy atom. The number of benzene rings is 2. The highest BCUT2D eigenvalue weighted by Crippen LogP contribution is 2.22. The van der Waals surface area contributed by atoms with Gasteiger partial charge in [-0.3, -0.25) is 19.3 Å². The zero-order valence-corrected chi connectivity index (χ0v) is 12.4. The smallest absolute Gasteiger partial charge is 0.262 e. The lowest BCUT2D eigenvalue weighted by Gasteiger charge is -2.13. The van der Waals surface area contributed by atoms with Crippen LogP contribution in [0.4, 0.5) is 5.69 Å². The molecule has 2 aromatic carbocycles. The highest BCUT2D eigenvalue weighted by atomic mass is 16.3. The topological polar surface area (TPSA) is 92.5 Å². The van der Waals surface area contributed by atoms with Crippen molar-refractivity contribution in [3.8, 4) is 0 Å². The third kappa shape index (κ3) is 2.23. The summed E-state index contributed by atoms with van der Waals surface area (Å²) in [6.45, 7) is -0.344. The number of carbonyl (C=O) groups is 3. The summed E-state index contributed by atoms with van der Waals surface area (Å²) in [5.74, 6) is -1.39. The first-order valence-electron chi connectivity index (χ1n) is 7.22. The second-order valence-electron chi connectivity index (χ2n) is 5.33. The van der Waals surface area contributed by atoms with Crippen LogP contribution in [0.1, 0.15) is 20.7 Å². The molecule has 0 spiro atoms. The largest absolute Gasteiger partial charge is 0.443 e. The minimum absolute atomic E-state index is 0.319. The monoisotopic (exact) mass is 321 g/mol. The molecule has 7 nitrogen and oxygen atoms in total. The van der Waals surface area contributed by atoms with Gasteiger partial charge in [0, 0.05) is 5.69 Å². The minimum Gasteiger partial charge on any atom is -0.443 e. The molecule has 0 unspecified atom stereocenters. The van der Waals surface area contributed by atoms with E-state index in [0.717, 1.165) is 4.90 Å². The van der Waals surface area contributed by atoms with Gasteiger partial charge in [-0.05, 0) is 30.3 Å². The molecule has 1 aliphatic heterocycles. The number of hydrogen-bond donors (Lipinski definition) is 1. The summed E-state index contributed by atoms with van der Waals surface area (Å²) in [7, 11) is 0. The predicted octanol–water partition coefficient (Wildman–Crippen LogP) is 2.06. The van der Waals surface area contributed by atoms with Crippen LogP contribution in [0.3, 0.4) is 0 Å². The molecule has 3 amide bonds. The number of imide groups is 1. The molecule has 0 aliphatic carbocycles. The van der Waals surface area contributed by atoms with Crippen LogP contribution in [-0.4, -0.2) is 34.2 Å². The zero-order chi connectivity index (χ0) is 16.7. The van der Waals surface area contributed by atoms with E-state index in [9.17, 15) is 14.4 Å². The van der Waals surface area contributed by atoms with Crippen LogP contribution in [0.15, 0.2) is 53.3 Å². The Labute approximate surface area is 135 Å². The SMILES string of the molecule is O=C(CN1C(=O)c2ccccc2C1=O)Nc1ccc2ocnc2c1. The van der Waals surface area contributed by atoms with Crippen molar-refractivity contribution in [3.63, 3.8) is 0 Å². The van der Waals surface area contributed by atoms with Crippen molar-refractivity contribution in [2.45, 2.75) is 0 Å². The zero-order valence-electron chi connectivity index (χ0n) is 12.4. The maximum Gasteiger partial charge on any atom is 0.262 e. The van der Waals surface area contributed by atoms with Crippen LogP contribution in [0.2, 0.25) is 0 Å². The second-order valence-corrected chi connectivity index (χ2v) is 5.33. The molecule has 0 radical (unpaired) electrons. The second kappa shape index (κ2) is 5.31. The molecular weight excluding hydrogens is 310 g/mol. The molecule has 0 fully saturated rings. The predicted molar refractivity (Wildman–Crippen MR) is 84.4 cm³/mol. The molecule has 7 heteroatoms. The number of anilines is 1. The van der Waals surface area contributed by atoms with Crippen LogP contribution in [0.5, 0.6) is 0 Å². The molecule has 118 valence electrons. The first-order chi connectivity index (χ1) is 11.6. The van der Waals surface area contributed by atoms with Crippen LogP contribution in [0.25, 0.3) is 11.1 Å². The Hall–Kier alpha value is -3.48. The third-order valence-corrected chi connectivity index (χ3v) is 3.79. The number of aromatic nitrogens is 1. The Morgan fingerprint density at radius 3 is 2.50 bits per heavy atom. The number of nitrogens with zero attached hydrogens (tertiary/aromatic N) is 2. The average Bonchev–Trinajstić information content (AvgIpc) is 3.14. The van der Waals surface area contributed by atoms with Gasteiger partial charge in [-0.2, -0.15) is 0 Å². The Bertz CT molecular complexity index is 957. The van der Waals surface area contributed by atoms with E-state index in [0.29, 0.717) is 27.9 Å². The van der Waals surface area contributed by atoms with Gasteiger partial charge in [-0.25, -0.2) is 4.98 Å². The molecular formula is C17H11N3O4. The number of hydrogen-bond acceptors (Lipinski definition) is 5. The van der Waals surface area contributed by atoms with Crippen LogP contribution in [-0.2, 0) is 4.79 Å². The summed E-state index contributed by atoms with van der Waals surface area (Å²) in [5.41, 5.74) is 2.36. The maximum atomic E-state index is 12.2. The molecule has 24 heavy (non-hydrogen) atoms. The van der Waals surface area contributed by atoms with Gasteiger partial charge < -0.3 is 9.73 Å². The van der Waals surface area contributed by atoms with Gasteiger partial charge in [-0.1, -0.05) is 12.1 Å². The van der Waals surface area contributed by atoms with Crippen molar-refractivity contribution >= 4 is 34.5 Å². The van der Waals surface area contributed by atoms with E-state index >= 15 is 0 Å². The van der Waals surface area contributed by atoms with Gasteiger partial charge in [0.15, 0.2) is 12.0 Å². The van der Waals surface area contributed by atoms with E-state index in [4.69, 9.17) is 4.42 Å². The van der Waals surface area contributed by atoms with Gasteiger partial charge in [0.2, 0.25) is 5.91 Å². The van der Waals surface area contributed by atoms with E-state index in [2.05, 4.69) is 10.3 Å². The molecule has 1 N–H and O–H groups in total. The lowest BCUT2D eigenvalue weighted by molar-refractivity contribution is -0.116. The fourth-order valence-electron chi connectivity index (χ4n) is 2.66. The van der Waals surface area contributed by atoms with Crippen LogP contribution < -0.4 is 5.32 Å². The van der Waals surface area contributed by atoms with Crippen LogP contribution in [0, 0.1) is 0 Å². The summed E-state index contributed by atoms with van der Waals surface area (Å²) >= 11 is 0. The van der Waals surface area contributed by atoms with Crippen LogP contribution >= 0.6 is 0 Å². The van der Waals surface area contributed by atoms with Gasteiger partial charge in [0.1, 0.15) is 12.1 Å². The van der Waals surface area contributed by atoms with E-state index < -0.39 is 17.7 Å². The normalized spacial score (nSPS) is 13.4. The summed E-state index contributed by atoms with van der Waals surface area (Å²) in [4.78, 5) is 41.6. The molecule has 0 bridgehead atoms. The average molecular weight is 321 g/mol. The number of fused-ring (bicyclic) bond motifs is 2. The molecule has 0 atom stereocenters. The van der Waals surface area contributed by atoms with E-state index in [-0.39, 0.29) is 6.54 Å². The van der Waals surface area contributed by atoms with Crippen molar-refractivity contribution in [2.24, 2.45) is 0 Å². The third-order valence-electron chi connectivity index (χ3n) is 3.79. The van der Waals surface area contributed by atoms with E-state index in [1.54, 1.807) is 42.5 Å².